The summed E-state index contributed by atoms with van der Waals surface area (Å²) in [5.74, 6) is 0.497. The van der Waals surface area contributed by atoms with Gasteiger partial charge < -0.3 is 10.2 Å². The zero-order chi connectivity index (χ0) is 23.7. The summed E-state index contributed by atoms with van der Waals surface area (Å²) in [6.07, 6.45) is 1.72. The predicted octanol–water partition coefficient (Wildman–Crippen LogP) is 4.53. The monoisotopic (exact) mass is 458 g/mol. The number of amides is 2. The first-order valence-electron chi connectivity index (χ1n) is 11.4. The smallest absolute Gasteiger partial charge is 0.321 e. The van der Waals surface area contributed by atoms with Crippen LogP contribution in [0.5, 0.6) is 0 Å². The van der Waals surface area contributed by atoms with Crippen molar-refractivity contribution in [1.29, 1.82) is 0 Å². The summed E-state index contributed by atoms with van der Waals surface area (Å²) >= 11 is 0. The molecule has 8 heteroatoms. The van der Waals surface area contributed by atoms with Crippen molar-refractivity contribution in [3.8, 4) is 5.69 Å². The number of imidazole rings is 1. The molecule has 174 valence electrons. The Morgan fingerprint density at radius 2 is 1.85 bits per heavy atom. The molecule has 1 fully saturated rings. The number of carbonyl (C=O) groups excluding carboxylic acids is 1. The highest BCUT2D eigenvalue weighted by atomic mass is 19.1. The van der Waals surface area contributed by atoms with Gasteiger partial charge in [0.25, 0.3) is 0 Å². The Hall–Kier alpha value is -3.78. The van der Waals surface area contributed by atoms with Crippen LogP contribution in [0.4, 0.5) is 14.9 Å². The molecule has 1 aliphatic heterocycles. The van der Waals surface area contributed by atoms with E-state index in [-0.39, 0.29) is 11.8 Å². The van der Waals surface area contributed by atoms with Crippen LogP contribution in [0, 0.1) is 19.7 Å². The molecule has 0 aliphatic carbocycles. The average molecular weight is 459 g/mol. The lowest BCUT2D eigenvalue weighted by atomic mass is 10.1. The van der Waals surface area contributed by atoms with Gasteiger partial charge >= 0.3 is 6.03 Å². The summed E-state index contributed by atoms with van der Waals surface area (Å²) in [6, 6.07) is 16.2. The number of carbonyl (C=O) groups is 1. The SMILES string of the molecule is Cc1ccc(NC(=O)N2CCN(Cc3nc4cccnc4n3-c3cccc(F)c3)CC2)c(C)c1. The number of pyridine rings is 1. The maximum absolute atomic E-state index is 14.0. The summed E-state index contributed by atoms with van der Waals surface area (Å²) in [6.45, 7) is 7.31. The van der Waals surface area contributed by atoms with E-state index in [0.717, 1.165) is 35.7 Å². The van der Waals surface area contributed by atoms with Crippen molar-refractivity contribution in [3.63, 3.8) is 0 Å². The van der Waals surface area contributed by atoms with Gasteiger partial charge in [0.2, 0.25) is 0 Å². The first-order valence-corrected chi connectivity index (χ1v) is 11.4. The van der Waals surface area contributed by atoms with Gasteiger partial charge in [-0.3, -0.25) is 9.47 Å². The van der Waals surface area contributed by atoms with E-state index in [4.69, 9.17) is 4.98 Å². The highest BCUT2D eigenvalue weighted by Crippen LogP contribution is 2.22. The molecule has 0 atom stereocenters. The molecule has 0 bridgehead atoms. The molecule has 2 aromatic heterocycles. The second-order valence-electron chi connectivity index (χ2n) is 8.70. The van der Waals surface area contributed by atoms with Crippen molar-refractivity contribution in [2.45, 2.75) is 20.4 Å². The van der Waals surface area contributed by atoms with Gasteiger partial charge in [-0.25, -0.2) is 19.2 Å². The van der Waals surface area contributed by atoms with Crippen LogP contribution in [0.1, 0.15) is 17.0 Å². The van der Waals surface area contributed by atoms with E-state index in [0.29, 0.717) is 31.0 Å². The van der Waals surface area contributed by atoms with Crippen molar-refractivity contribution in [3.05, 3.63) is 83.6 Å². The second kappa shape index (κ2) is 9.23. The number of nitrogens with zero attached hydrogens (tertiary/aromatic N) is 5. The minimum absolute atomic E-state index is 0.0807. The number of urea groups is 1. The Morgan fingerprint density at radius 1 is 1.03 bits per heavy atom. The second-order valence-corrected chi connectivity index (χ2v) is 8.70. The lowest BCUT2D eigenvalue weighted by Crippen LogP contribution is -2.49. The summed E-state index contributed by atoms with van der Waals surface area (Å²) < 4.78 is 15.9. The Morgan fingerprint density at radius 3 is 2.62 bits per heavy atom. The highest BCUT2D eigenvalue weighted by molar-refractivity contribution is 5.90. The molecule has 2 aromatic carbocycles. The number of fused-ring (bicyclic) bond motifs is 1. The van der Waals surface area contributed by atoms with Crippen molar-refractivity contribution < 1.29 is 9.18 Å². The molecule has 1 saturated heterocycles. The van der Waals surface area contributed by atoms with Crippen molar-refractivity contribution in [1.82, 2.24) is 24.3 Å². The fraction of sp³-hybridized carbons (Fsp3) is 0.269. The van der Waals surface area contributed by atoms with Gasteiger partial charge in [0.05, 0.1) is 12.2 Å². The van der Waals surface area contributed by atoms with Gasteiger partial charge in [0.15, 0.2) is 5.65 Å². The zero-order valence-electron chi connectivity index (χ0n) is 19.3. The highest BCUT2D eigenvalue weighted by Gasteiger charge is 2.24. The van der Waals surface area contributed by atoms with Gasteiger partial charge in [-0.15, -0.1) is 0 Å². The van der Waals surface area contributed by atoms with E-state index in [2.05, 4.69) is 21.3 Å². The van der Waals surface area contributed by atoms with Crippen molar-refractivity contribution in [2.24, 2.45) is 0 Å². The fourth-order valence-electron chi connectivity index (χ4n) is 4.41. The van der Waals surface area contributed by atoms with Crippen LogP contribution >= 0.6 is 0 Å². The average Bonchev–Trinajstić information content (AvgIpc) is 3.19. The van der Waals surface area contributed by atoms with E-state index in [9.17, 15) is 9.18 Å². The van der Waals surface area contributed by atoms with Crippen LogP contribution in [0.3, 0.4) is 0 Å². The third-order valence-electron chi connectivity index (χ3n) is 6.20. The standard InChI is InChI=1S/C26H27FN6O/c1-18-8-9-22(19(2)15-18)30-26(34)32-13-11-31(12-14-32)17-24-29-23-7-4-10-28-25(23)33(24)21-6-3-5-20(27)16-21/h3-10,15-16H,11-14,17H2,1-2H3,(H,30,34). The van der Waals surface area contributed by atoms with E-state index < -0.39 is 0 Å². The van der Waals surface area contributed by atoms with E-state index >= 15 is 0 Å². The summed E-state index contributed by atoms with van der Waals surface area (Å²) in [5.41, 5.74) is 5.24. The Kier molecular flexibility index (Phi) is 5.98. The molecule has 34 heavy (non-hydrogen) atoms. The number of piperazine rings is 1. The lowest BCUT2D eigenvalue weighted by Gasteiger charge is -2.34. The molecule has 0 radical (unpaired) electrons. The third kappa shape index (κ3) is 4.49. The van der Waals surface area contributed by atoms with Crippen molar-refractivity contribution >= 4 is 22.9 Å². The van der Waals surface area contributed by atoms with Gasteiger partial charge in [0, 0.05) is 38.1 Å². The summed E-state index contributed by atoms with van der Waals surface area (Å²) in [4.78, 5) is 26.2. The van der Waals surface area contributed by atoms with Crippen LogP contribution in [-0.4, -0.2) is 56.5 Å². The minimum Gasteiger partial charge on any atom is -0.322 e. The number of nitrogens with one attached hydrogen (secondary N) is 1. The van der Waals surface area contributed by atoms with E-state index in [1.165, 1.54) is 17.7 Å². The normalized spacial score (nSPS) is 14.5. The van der Waals surface area contributed by atoms with Crippen LogP contribution < -0.4 is 5.32 Å². The quantitative estimate of drug-likeness (QED) is 0.488. The number of rotatable bonds is 4. The lowest BCUT2D eigenvalue weighted by molar-refractivity contribution is 0.140. The van der Waals surface area contributed by atoms with E-state index in [1.54, 1.807) is 12.3 Å². The number of benzene rings is 2. The molecular formula is C26H27FN6O. The summed E-state index contributed by atoms with van der Waals surface area (Å²) in [5, 5.41) is 3.03. The molecule has 0 unspecified atom stereocenters. The topological polar surface area (TPSA) is 66.3 Å². The number of aryl methyl sites for hydroxylation is 2. The summed E-state index contributed by atoms with van der Waals surface area (Å²) in [7, 11) is 0. The largest absolute Gasteiger partial charge is 0.322 e. The molecular weight excluding hydrogens is 431 g/mol. The van der Waals surface area contributed by atoms with E-state index in [1.807, 2.05) is 53.6 Å². The van der Waals surface area contributed by atoms with Gasteiger partial charge in [-0.1, -0.05) is 23.8 Å². The van der Waals surface area contributed by atoms with Crippen LogP contribution in [0.15, 0.2) is 60.8 Å². The molecule has 5 rings (SSSR count). The van der Waals surface area contributed by atoms with Crippen molar-refractivity contribution in [2.75, 3.05) is 31.5 Å². The number of aromatic nitrogens is 3. The maximum Gasteiger partial charge on any atom is 0.321 e. The fourth-order valence-corrected chi connectivity index (χ4v) is 4.41. The molecule has 1 aliphatic rings. The first-order chi connectivity index (χ1) is 16.5. The Labute approximate surface area is 197 Å². The number of anilines is 1. The van der Waals surface area contributed by atoms with Crippen LogP contribution in [-0.2, 0) is 6.54 Å². The molecule has 1 N–H and O–H groups in total. The van der Waals surface area contributed by atoms with Gasteiger partial charge in [-0.05, 0) is 55.8 Å². The first kappa shape index (κ1) is 22.0. The Bertz CT molecular complexity index is 1340. The number of halogens is 1. The third-order valence-corrected chi connectivity index (χ3v) is 6.20. The number of hydrogen-bond acceptors (Lipinski definition) is 4. The minimum atomic E-state index is -0.301. The zero-order valence-corrected chi connectivity index (χ0v) is 19.3. The number of hydrogen-bond donors (Lipinski definition) is 1. The maximum atomic E-state index is 14.0. The van der Waals surface area contributed by atoms with Crippen LogP contribution in [0.25, 0.3) is 16.9 Å². The molecule has 4 aromatic rings. The van der Waals surface area contributed by atoms with Gasteiger partial charge in [-0.2, -0.15) is 0 Å². The van der Waals surface area contributed by atoms with Crippen LogP contribution in [0.2, 0.25) is 0 Å². The molecule has 3 heterocycles. The Balaban J connectivity index is 1.29. The van der Waals surface area contributed by atoms with Gasteiger partial charge in [0.1, 0.15) is 17.2 Å². The molecule has 2 amide bonds. The molecule has 0 saturated carbocycles. The molecule has 7 nitrogen and oxygen atoms in total. The predicted molar refractivity (Wildman–Crippen MR) is 131 cm³/mol. The molecule has 0 spiro atoms.